The van der Waals surface area contributed by atoms with E-state index in [0.29, 0.717) is 12.8 Å². The van der Waals surface area contributed by atoms with Crippen molar-refractivity contribution >= 4 is 17.5 Å². The third-order valence-electron chi connectivity index (χ3n) is 1.65. The van der Waals surface area contributed by atoms with Crippen molar-refractivity contribution in [3.8, 4) is 0 Å². The zero-order chi connectivity index (χ0) is 12.4. The minimum Gasteiger partial charge on any atom is -0.347 e. The number of nitrogens with one attached hydrogen (secondary N) is 1. The molecule has 0 rings (SSSR count). The molecule has 0 aliphatic heterocycles. The van der Waals surface area contributed by atoms with Crippen LogP contribution >= 0.6 is 0 Å². The summed E-state index contributed by atoms with van der Waals surface area (Å²) in [6.45, 7) is 10.2. The third-order valence-corrected chi connectivity index (χ3v) is 1.65. The molecule has 1 amide bonds. The number of carbonyl (C=O) groups is 3. The molecule has 4 nitrogen and oxygen atoms in total. The Hall–Kier alpha value is -1.45. The van der Waals surface area contributed by atoms with E-state index in [1.807, 2.05) is 0 Å². The van der Waals surface area contributed by atoms with Crippen LogP contribution < -0.4 is 5.32 Å². The first-order valence-electron chi connectivity index (χ1n) is 4.70. The average Bonchev–Trinajstić information content (AvgIpc) is 2.14. The molecule has 4 heteroatoms. The summed E-state index contributed by atoms with van der Waals surface area (Å²) in [6.07, 6.45) is 0.717. The van der Waals surface area contributed by atoms with Crippen molar-refractivity contribution in [3.05, 3.63) is 13.2 Å². The summed E-state index contributed by atoms with van der Waals surface area (Å²) in [6, 6.07) is -0.513. The van der Waals surface area contributed by atoms with Crippen LogP contribution in [0.2, 0.25) is 0 Å². The fourth-order valence-corrected chi connectivity index (χ4v) is 0.970. The summed E-state index contributed by atoms with van der Waals surface area (Å²) in [5, 5.41) is 2.49. The molecule has 0 aromatic heterocycles. The number of hydrogen-bond acceptors (Lipinski definition) is 3. The Balaban J connectivity index is 0. The van der Waals surface area contributed by atoms with E-state index in [1.165, 1.54) is 20.8 Å². The van der Waals surface area contributed by atoms with Crippen molar-refractivity contribution in [2.24, 2.45) is 0 Å². The van der Waals surface area contributed by atoms with Crippen LogP contribution in [0.4, 0.5) is 0 Å². The molecule has 15 heavy (non-hydrogen) atoms. The molecule has 0 aliphatic rings. The predicted molar refractivity (Wildman–Crippen MR) is 59.5 cm³/mol. The summed E-state index contributed by atoms with van der Waals surface area (Å²) < 4.78 is 0. The monoisotopic (exact) mass is 213 g/mol. The molecule has 0 aliphatic carbocycles. The number of hydrogen-bond donors (Lipinski definition) is 1. The molecule has 1 atom stereocenters. The first-order chi connectivity index (χ1) is 6.93. The van der Waals surface area contributed by atoms with Crippen molar-refractivity contribution in [1.29, 1.82) is 0 Å². The highest BCUT2D eigenvalue weighted by Gasteiger charge is 2.15. The van der Waals surface area contributed by atoms with Gasteiger partial charge in [0.05, 0.1) is 6.04 Å². The molecule has 0 fully saturated rings. The molecule has 0 saturated carbocycles. The third kappa shape index (κ3) is 10.5. The van der Waals surface area contributed by atoms with Gasteiger partial charge in [-0.1, -0.05) is 0 Å². The Kier molecular flexibility index (Phi) is 9.73. The van der Waals surface area contributed by atoms with Gasteiger partial charge in [-0.25, -0.2) is 0 Å². The molecule has 0 saturated heterocycles. The Morgan fingerprint density at radius 1 is 1.13 bits per heavy atom. The second-order valence-corrected chi connectivity index (χ2v) is 3.10. The molecule has 0 aromatic rings. The SMILES string of the molecule is C=C.CC(=O)CCC(NC(C)=O)C(C)=O. The lowest BCUT2D eigenvalue weighted by Crippen LogP contribution is -2.38. The topological polar surface area (TPSA) is 63.2 Å². The maximum Gasteiger partial charge on any atom is 0.217 e. The van der Waals surface area contributed by atoms with Crippen LogP contribution in [0.3, 0.4) is 0 Å². The molecular formula is C11H19NO3. The average molecular weight is 213 g/mol. The highest BCUT2D eigenvalue weighted by atomic mass is 16.2. The van der Waals surface area contributed by atoms with Gasteiger partial charge in [0.2, 0.25) is 5.91 Å². The van der Waals surface area contributed by atoms with Gasteiger partial charge in [-0.15, -0.1) is 13.2 Å². The van der Waals surface area contributed by atoms with Crippen LogP contribution in [0.15, 0.2) is 13.2 Å². The molecule has 0 bridgehead atoms. The first-order valence-corrected chi connectivity index (χ1v) is 4.70. The maximum atomic E-state index is 11.0. The lowest BCUT2D eigenvalue weighted by atomic mass is 10.1. The Morgan fingerprint density at radius 3 is 1.87 bits per heavy atom. The van der Waals surface area contributed by atoms with Gasteiger partial charge < -0.3 is 10.1 Å². The second kappa shape index (κ2) is 9.12. The van der Waals surface area contributed by atoms with Crippen LogP contribution in [0.5, 0.6) is 0 Å². The highest BCUT2D eigenvalue weighted by molar-refractivity contribution is 5.87. The molecule has 0 aromatic carbocycles. The summed E-state index contributed by atoms with van der Waals surface area (Å²) in [7, 11) is 0. The standard InChI is InChI=1S/C9H15NO3.C2H4/c1-6(11)4-5-9(7(2)12)10-8(3)13;1-2/h9H,4-5H2,1-3H3,(H,10,13);1-2H2. The number of ketones is 2. The molecule has 1 N–H and O–H groups in total. The van der Waals surface area contributed by atoms with Gasteiger partial charge in [0.1, 0.15) is 5.78 Å². The molecule has 0 heterocycles. The quantitative estimate of drug-likeness (QED) is 0.699. The van der Waals surface area contributed by atoms with Crippen LogP contribution in [0, 0.1) is 0 Å². The van der Waals surface area contributed by atoms with E-state index in [2.05, 4.69) is 18.5 Å². The fourth-order valence-electron chi connectivity index (χ4n) is 0.970. The molecule has 0 spiro atoms. The molecule has 1 unspecified atom stereocenters. The fraction of sp³-hybridized carbons (Fsp3) is 0.545. The minimum atomic E-state index is -0.513. The van der Waals surface area contributed by atoms with Gasteiger partial charge in [0.25, 0.3) is 0 Å². The van der Waals surface area contributed by atoms with Gasteiger partial charge in [0, 0.05) is 13.3 Å². The Morgan fingerprint density at radius 2 is 1.60 bits per heavy atom. The van der Waals surface area contributed by atoms with Crippen LogP contribution in [-0.2, 0) is 14.4 Å². The largest absolute Gasteiger partial charge is 0.347 e. The summed E-state index contributed by atoms with van der Waals surface area (Å²) >= 11 is 0. The van der Waals surface area contributed by atoms with Gasteiger partial charge in [0.15, 0.2) is 5.78 Å². The van der Waals surface area contributed by atoms with Crippen molar-refractivity contribution in [1.82, 2.24) is 5.32 Å². The Bertz CT molecular complexity index is 236. The molecule has 86 valence electrons. The van der Waals surface area contributed by atoms with Gasteiger partial charge in [-0.05, 0) is 20.3 Å². The van der Waals surface area contributed by atoms with Gasteiger partial charge in [-0.2, -0.15) is 0 Å². The van der Waals surface area contributed by atoms with Crippen LogP contribution in [0.1, 0.15) is 33.6 Å². The minimum absolute atomic E-state index is 0.0246. The zero-order valence-electron chi connectivity index (χ0n) is 9.63. The van der Waals surface area contributed by atoms with Crippen LogP contribution in [-0.4, -0.2) is 23.5 Å². The number of rotatable bonds is 5. The normalized spacial score (nSPS) is 10.6. The summed E-state index contributed by atoms with van der Waals surface area (Å²) in [5.74, 6) is -0.336. The van der Waals surface area contributed by atoms with Crippen molar-refractivity contribution in [2.75, 3.05) is 0 Å². The number of Topliss-reactive ketones (excluding diaryl/α,β-unsaturated/α-hetero) is 2. The lowest BCUT2D eigenvalue weighted by molar-refractivity contribution is -0.126. The van der Waals surface area contributed by atoms with E-state index in [4.69, 9.17) is 0 Å². The van der Waals surface area contributed by atoms with E-state index in [1.54, 1.807) is 0 Å². The van der Waals surface area contributed by atoms with E-state index in [0.717, 1.165) is 0 Å². The van der Waals surface area contributed by atoms with E-state index < -0.39 is 6.04 Å². The van der Waals surface area contributed by atoms with E-state index in [9.17, 15) is 14.4 Å². The predicted octanol–water partition coefficient (Wildman–Crippen LogP) is 1.25. The second-order valence-electron chi connectivity index (χ2n) is 3.10. The van der Waals surface area contributed by atoms with Crippen LogP contribution in [0.25, 0.3) is 0 Å². The van der Waals surface area contributed by atoms with Crippen molar-refractivity contribution < 1.29 is 14.4 Å². The van der Waals surface area contributed by atoms with Crippen molar-refractivity contribution in [3.63, 3.8) is 0 Å². The highest BCUT2D eigenvalue weighted by Crippen LogP contribution is 1.99. The summed E-state index contributed by atoms with van der Waals surface area (Å²) in [4.78, 5) is 32.3. The smallest absolute Gasteiger partial charge is 0.217 e. The van der Waals surface area contributed by atoms with Crippen molar-refractivity contribution in [2.45, 2.75) is 39.7 Å². The summed E-state index contributed by atoms with van der Waals surface area (Å²) in [5.41, 5.74) is 0. The molecule has 0 radical (unpaired) electrons. The molecular weight excluding hydrogens is 194 g/mol. The first kappa shape index (κ1) is 16.0. The van der Waals surface area contributed by atoms with E-state index in [-0.39, 0.29) is 17.5 Å². The van der Waals surface area contributed by atoms with Gasteiger partial charge >= 0.3 is 0 Å². The lowest BCUT2D eigenvalue weighted by Gasteiger charge is -2.13. The Labute approximate surface area is 90.7 Å². The number of carbonyl (C=O) groups excluding carboxylic acids is 3. The maximum absolute atomic E-state index is 11.0. The zero-order valence-corrected chi connectivity index (χ0v) is 9.63. The van der Waals surface area contributed by atoms with E-state index >= 15 is 0 Å². The number of amides is 1. The van der Waals surface area contributed by atoms with Gasteiger partial charge in [-0.3, -0.25) is 9.59 Å².